The number of alkyl halides is 4. The third-order valence-electron chi connectivity index (χ3n) is 6.38. The Morgan fingerprint density at radius 1 is 1.07 bits per heavy atom. The highest BCUT2D eigenvalue weighted by molar-refractivity contribution is 8.15. The van der Waals surface area contributed by atoms with E-state index >= 15 is 0 Å². The van der Waals surface area contributed by atoms with Crippen LogP contribution in [-0.4, -0.2) is 56.8 Å². The van der Waals surface area contributed by atoms with Crippen molar-refractivity contribution in [3.05, 3.63) is 84.2 Å². The smallest absolute Gasteiger partial charge is 0.489 e. The number of ether oxygens (including phenoxy) is 3. The van der Waals surface area contributed by atoms with Gasteiger partial charge < -0.3 is 14.2 Å². The second kappa shape index (κ2) is 13.6. The largest absolute Gasteiger partial charge is 0.573 e. The van der Waals surface area contributed by atoms with Crippen molar-refractivity contribution in [1.82, 2.24) is 14.8 Å². The highest BCUT2D eigenvalue weighted by Gasteiger charge is 2.33. The molecule has 0 radical (unpaired) electrons. The minimum Gasteiger partial charge on any atom is -0.489 e. The molecule has 4 aromatic rings. The van der Waals surface area contributed by atoms with Crippen molar-refractivity contribution in [2.75, 3.05) is 17.3 Å². The number of halogens is 4. The van der Waals surface area contributed by atoms with Crippen molar-refractivity contribution < 1.29 is 41.4 Å². The molecule has 1 aromatic heterocycles. The van der Waals surface area contributed by atoms with Gasteiger partial charge in [0.25, 0.3) is 0 Å². The summed E-state index contributed by atoms with van der Waals surface area (Å²) in [6.45, 7) is 4.96. The van der Waals surface area contributed by atoms with E-state index in [4.69, 9.17) is 9.47 Å². The molecule has 46 heavy (non-hydrogen) atoms. The van der Waals surface area contributed by atoms with Gasteiger partial charge in [0.15, 0.2) is 17.2 Å². The number of hydrogen-bond donors (Lipinski definition) is 0. The summed E-state index contributed by atoms with van der Waals surface area (Å²) in [7, 11) is 0. The number of thioether (sulfide) groups is 1. The highest BCUT2D eigenvalue weighted by atomic mass is 32.2. The Kier molecular flexibility index (Phi) is 9.60. The number of aryl methyl sites for hydroxylation is 1. The highest BCUT2D eigenvalue weighted by Crippen LogP contribution is 2.36. The van der Waals surface area contributed by atoms with Gasteiger partial charge in [0.1, 0.15) is 24.4 Å². The Hall–Kier alpha value is -4.92. The second-order valence-corrected chi connectivity index (χ2v) is 11.2. The first-order chi connectivity index (χ1) is 21.9. The summed E-state index contributed by atoms with van der Waals surface area (Å²) in [5.74, 6) is 0.166. The number of benzene rings is 3. The molecule has 0 N–H and O–H groups in total. The average molecular weight is 658 g/mol. The van der Waals surface area contributed by atoms with Gasteiger partial charge >= 0.3 is 12.5 Å². The number of carbonyl (C=O) groups excluding carboxylic acids is 2. The minimum absolute atomic E-state index is 0.0650. The molecule has 2 amide bonds. The molecule has 3 aromatic carbocycles. The number of rotatable bonds is 9. The van der Waals surface area contributed by atoms with Crippen LogP contribution >= 0.6 is 11.8 Å². The Labute approximate surface area is 265 Å². The van der Waals surface area contributed by atoms with E-state index < -0.39 is 25.2 Å². The van der Waals surface area contributed by atoms with E-state index in [1.807, 2.05) is 26.8 Å². The van der Waals surface area contributed by atoms with Gasteiger partial charge in [0, 0.05) is 5.56 Å². The quantitative estimate of drug-likeness (QED) is 0.174. The van der Waals surface area contributed by atoms with Gasteiger partial charge in [-0.3, -0.25) is 9.69 Å². The lowest BCUT2D eigenvalue weighted by Crippen LogP contribution is -2.30. The van der Waals surface area contributed by atoms with Gasteiger partial charge in [0.05, 0.1) is 23.2 Å². The normalized spacial score (nSPS) is 15.0. The minimum atomic E-state index is -4.79. The Balaban J connectivity index is 1.20. The van der Waals surface area contributed by atoms with Crippen molar-refractivity contribution in [3.8, 4) is 28.6 Å². The van der Waals surface area contributed by atoms with Crippen molar-refractivity contribution in [2.45, 2.75) is 39.4 Å². The topological polar surface area (TPSA) is 108 Å². The molecule has 15 heteroatoms. The van der Waals surface area contributed by atoms with Gasteiger partial charge in [-0.05, 0) is 68.3 Å². The van der Waals surface area contributed by atoms with Gasteiger partial charge in [0.2, 0.25) is 5.91 Å². The summed E-state index contributed by atoms with van der Waals surface area (Å²) in [5.41, 5.74) is 2.56. The number of amides is 2. The Morgan fingerprint density at radius 3 is 2.46 bits per heavy atom. The van der Waals surface area contributed by atoms with Gasteiger partial charge in [-0.15, -0.1) is 18.3 Å². The summed E-state index contributed by atoms with van der Waals surface area (Å²) in [4.78, 5) is 34.7. The molecule has 5 rings (SSSR count). The van der Waals surface area contributed by atoms with Crippen LogP contribution in [0.2, 0.25) is 0 Å². The molecule has 1 aliphatic rings. The number of hydrogen-bond acceptors (Lipinski definition) is 8. The number of amidine groups is 1. The van der Waals surface area contributed by atoms with Crippen LogP contribution in [0.15, 0.2) is 78.0 Å². The van der Waals surface area contributed by atoms with Crippen molar-refractivity contribution in [3.63, 3.8) is 0 Å². The van der Waals surface area contributed by atoms with Crippen LogP contribution in [0.5, 0.6) is 11.5 Å². The predicted molar refractivity (Wildman–Crippen MR) is 163 cm³/mol. The summed E-state index contributed by atoms with van der Waals surface area (Å²) < 4.78 is 68.4. The predicted octanol–water partition coefficient (Wildman–Crippen LogP) is 7.21. The van der Waals surface area contributed by atoms with Crippen LogP contribution in [0, 0.1) is 6.92 Å². The fraction of sp³-hybridized carbons (Fsp3) is 0.258. The van der Waals surface area contributed by atoms with Crippen LogP contribution in [-0.2, 0) is 9.53 Å². The van der Waals surface area contributed by atoms with Gasteiger partial charge in [-0.1, -0.05) is 42.1 Å². The zero-order valence-corrected chi connectivity index (χ0v) is 25.5. The molecule has 1 saturated heterocycles. The summed E-state index contributed by atoms with van der Waals surface area (Å²) >= 11 is 1.06. The zero-order valence-electron chi connectivity index (χ0n) is 24.7. The maximum atomic E-state index is 15.0. The molecule has 0 bridgehead atoms. The van der Waals surface area contributed by atoms with Gasteiger partial charge in [-0.25, -0.2) is 18.9 Å². The van der Waals surface area contributed by atoms with E-state index in [0.29, 0.717) is 28.5 Å². The lowest BCUT2D eigenvalue weighted by atomic mass is 10.1. The molecule has 10 nitrogen and oxygen atoms in total. The van der Waals surface area contributed by atoms with E-state index in [1.165, 1.54) is 40.2 Å². The SMILES string of the molecule is Cc1ccc(OC(C)C)c(N2C(=O)CS/C2=N\C(=O)OCC(F)c2ccc(-c3ncn(-c4ccc(OC(F)(F)F)cc4)n3)cc2)c1. The van der Waals surface area contributed by atoms with Crippen LogP contribution in [0.3, 0.4) is 0 Å². The molecule has 2 heterocycles. The monoisotopic (exact) mass is 657 g/mol. The Morgan fingerprint density at radius 2 is 1.78 bits per heavy atom. The zero-order chi connectivity index (χ0) is 33.0. The number of aliphatic imine (C=N–C) groups is 1. The third kappa shape index (κ3) is 8.02. The van der Waals surface area contributed by atoms with E-state index in [9.17, 15) is 27.2 Å². The third-order valence-corrected chi connectivity index (χ3v) is 7.30. The summed E-state index contributed by atoms with van der Waals surface area (Å²) in [6, 6.07) is 16.6. The molecule has 0 aliphatic carbocycles. The number of anilines is 1. The molecule has 0 saturated carbocycles. The molecule has 240 valence electrons. The molecule has 1 unspecified atom stereocenters. The first kappa shape index (κ1) is 32.5. The van der Waals surface area contributed by atoms with Crippen LogP contribution < -0.4 is 14.4 Å². The molecular weight excluding hydrogens is 630 g/mol. The lowest BCUT2D eigenvalue weighted by molar-refractivity contribution is -0.274. The van der Waals surface area contributed by atoms with E-state index in [0.717, 1.165) is 29.5 Å². The number of carbonyl (C=O) groups is 2. The standard InChI is InChI=1S/C31H27F4N5O5S/c1-18(2)44-26-13-4-19(3)14-25(26)40-27(41)16-46-29(40)37-30(42)43-15-24(32)20-5-7-21(8-6-20)28-36-17-39(38-28)22-9-11-23(12-10-22)45-31(33,34)35/h4-14,17-18,24H,15-16H2,1-3H3/b37-29-. The number of nitrogens with zero attached hydrogens (tertiary/aromatic N) is 5. The van der Waals surface area contributed by atoms with Crippen LogP contribution in [0.1, 0.15) is 31.1 Å². The van der Waals surface area contributed by atoms with Crippen molar-refractivity contribution >= 4 is 34.6 Å². The Bertz CT molecular complexity index is 1740. The van der Waals surface area contributed by atoms with E-state index in [2.05, 4.69) is 19.8 Å². The average Bonchev–Trinajstić information content (AvgIpc) is 3.63. The van der Waals surface area contributed by atoms with Crippen LogP contribution in [0.25, 0.3) is 17.1 Å². The first-order valence-electron chi connectivity index (χ1n) is 13.9. The molecule has 1 aliphatic heterocycles. The molecule has 0 spiro atoms. The number of aromatic nitrogens is 3. The van der Waals surface area contributed by atoms with Crippen molar-refractivity contribution in [2.24, 2.45) is 4.99 Å². The van der Waals surface area contributed by atoms with Crippen LogP contribution in [0.4, 0.5) is 28.0 Å². The maximum Gasteiger partial charge on any atom is 0.573 e. The molecule has 1 fully saturated rings. The first-order valence-corrected chi connectivity index (χ1v) is 14.9. The van der Waals surface area contributed by atoms with E-state index in [1.54, 1.807) is 24.3 Å². The van der Waals surface area contributed by atoms with Crippen molar-refractivity contribution in [1.29, 1.82) is 0 Å². The van der Waals surface area contributed by atoms with Gasteiger partial charge in [-0.2, -0.15) is 4.99 Å². The fourth-order valence-electron chi connectivity index (χ4n) is 4.35. The molecule has 1 atom stereocenters. The lowest BCUT2D eigenvalue weighted by Gasteiger charge is -2.21. The second-order valence-electron chi connectivity index (χ2n) is 10.3. The summed E-state index contributed by atoms with van der Waals surface area (Å²) in [6.07, 6.45) is -6.28. The molecular formula is C31H27F4N5O5S. The van der Waals surface area contributed by atoms with E-state index in [-0.39, 0.29) is 34.2 Å². The summed E-state index contributed by atoms with van der Waals surface area (Å²) in [5, 5.41) is 4.43. The maximum absolute atomic E-state index is 15.0. The fourth-order valence-corrected chi connectivity index (χ4v) is 5.20.